The predicted octanol–water partition coefficient (Wildman–Crippen LogP) is 1.93. The molecule has 1 aliphatic rings. The lowest BCUT2D eigenvalue weighted by Gasteiger charge is -2.34. The molecule has 0 spiro atoms. The SMILES string of the molecule is Cc1cc(C(=O)NCC(c2ccc(F)cc2)N2CCOCC2)no1. The molecule has 1 saturated heterocycles. The maximum absolute atomic E-state index is 13.2. The van der Waals surface area contributed by atoms with Crippen molar-refractivity contribution in [2.75, 3.05) is 32.8 Å². The van der Waals surface area contributed by atoms with Crippen molar-refractivity contribution in [2.45, 2.75) is 13.0 Å². The van der Waals surface area contributed by atoms with Crippen molar-refractivity contribution in [3.8, 4) is 0 Å². The van der Waals surface area contributed by atoms with Crippen molar-refractivity contribution < 1.29 is 18.4 Å². The van der Waals surface area contributed by atoms with Crippen LogP contribution in [0.15, 0.2) is 34.9 Å². The largest absolute Gasteiger partial charge is 0.379 e. The number of aryl methyl sites for hydroxylation is 1. The lowest BCUT2D eigenvalue weighted by Crippen LogP contribution is -2.43. The van der Waals surface area contributed by atoms with Crippen molar-refractivity contribution in [2.24, 2.45) is 0 Å². The van der Waals surface area contributed by atoms with Crippen LogP contribution in [0.4, 0.5) is 4.39 Å². The molecular weight excluding hydrogens is 313 g/mol. The number of morpholine rings is 1. The van der Waals surface area contributed by atoms with Gasteiger partial charge in [0.2, 0.25) is 0 Å². The van der Waals surface area contributed by atoms with E-state index < -0.39 is 0 Å². The number of rotatable bonds is 5. The van der Waals surface area contributed by atoms with E-state index in [0.717, 1.165) is 18.7 Å². The number of hydrogen-bond donors (Lipinski definition) is 1. The third kappa shape index (κ3) is 3.98. The zero-order valence-corrected chi connectivity index (χ0v) is 13.5. The van der Waals surface area contributed by atoms with Gasteiger partial charge in [0.05, 0.1) is 19.3 Å². The quantitative estimate of drug-likeness (QED) is 0.905. The van der Waals surface area contributed by atoms with E-state index in [1.54, 1.807) is 25.1 Å². The van der Waals surface area contributed by atoms with Gasteiger partial charge in [-0.15, -0.1) is 0 Å². The molecule has 1 N–H and O–H groups in total. The van der Waals surface area contributed by atoms with Crippen molar-refractivity contribution in [3.05, 3.63) is 53.2 Å². The average molecular weight is 333 g/mol. The average Bonchev–Trinajstić information content (AvgIpc) is 3.04. The van der Waals surface area contributed by atoms with E-state index in [4.69, 9.17) is 9.26 Å². The Morgan fingerprint density at radius 2 is 2.04 bits per heavy atom. The Morgan fingerprint density at radius 1 is 1.33 bits per heavy atom. The fourth-order valence-electron chi connectivity index (χ4n) is 2.79. The summed E-state index contributed by atoms with van der Waals surface area (Å²) in [5, 5.41) is 6.61. The van der Waals surface area contributed by atoms with Crippen LogP contribution < -0.4 is 5.32 Å². The number of amides is 1. The molecule has 7 heteroatoms. The number of carbonyl (C=O) groups excluding carboxylic acids is 1. The highest BCUT2D eigenvalue weighted by atomic mass is 19.1. The number of carbonyl (C=O) groups is 1. The highest BCUT2D eigenvalue weighted by molar-refractivity contribution is 5.92. The minimum atomic E-state index is -0.285. The Labute approximate surface area is 139 Å². The third-order valence-electron chi connectivity index (χ3n) is 4.06. The van der Waals surface area contributed by atoms with Crippen LogP contribution in [-0.2, 0) is 4.74 Å². The predicted molar refractivity (Wildman–Crippen MR) is 85.1 cm³/mol. The number of benzene rings is 1. The van der Waals surface area contributed by atoms with Crippen molar-refractivity contribution in [1.29, 1.82) is 0 Å². The van der Waals surface area contributed by atoms with E-state index in [2.05, 4.69) is 15.4 Å². The summed E-state index contributed by atoms with van der Waals surface area (Å²) >= 11 is 0. The lowest BCUT2D eigenvalue weighted by molar-refractivity contribution is 0.0162. The van der Waals surface area contributed by atoms with Gasteiger partial charge < -0.3 is 14.6 Å². The van der Waals surface area contributed by atoms with E-state index in [0.29, 0.717) is 25.5 Å². The Balaban J connectivity index is 1.71. The first-order valence-electron chi connectivity index (χ1n) is 7.92. The summed E-state index contributed by atoms with van der Waals surface area (Å²) in [4.78, 5) is 14.4. The summed E-state index contributed by atoms with van der Waals surface area (Å²) in [6, 6.07) is 7.92. The van der Waals surface area contributed by atoms with Crippen molar-refractivity contribution >= 4 is 5.91 Å². The summed E-state index contributed by atoms with van der Waals surface area (Å²) in [5.74, 6) is 0.0252. The van der Waals surface area contributed by atoms with Crippen LogP contribution >= 0.6 is 0 Å². The van der Waals surface area contributed by atoms with Crippen LogP contribution in [0.5, 0.6) is 0 Å². The summed E-state index contributed by atoms with van der Waals surface area (Å²) in [6.07, 6.45) is 0. The summed E-state index contributed by atoms with van der Waals surface area (Å²) < 4.78 is 23.5. The number of nitrogens with one attached hydrogen (secondary N) is 1. The molecular formula is C17H20FN3O3. The van der Waals surface area contributed by atoms with E-state index in [-0.39, 0.29) is 23.5 Å². The molecule has 0 bridgehead atoms. The van der Waals surface area contributed by atoms with Crippen molar-refractivity contribution in [3.63, 3.8) is 0 Å². The number of aromatic nitrogens is 1. The number of halogens is 1. The van der Waals surface area contributed by atoms with Crippen LogP contribution in [0.25, 0.3) is 0 Å². The maximum atomic E-state index is 13.2. The minimum absolute atomic E-state index is 0.0496. The highest BCUT2D eigenvalue weighted by Gasteiger charge is 2.24. The second-order valence-electron chi connectivity index (χ2n) is 5.75. The second-order valence-corrected chi connectivity index (χ2v) is 5.75. The van der Waals surface area contributed by atoms with Crippen LogP contribution in [0.3, 0.4) is 0 Å². The van der Waals surface area contributed by atoms with Gasteiger partial charge in [0.15, 0.2) is 5.69 Å². The topological polar surface area (TPSA) is 67.6 Å². The smallest absolute Gasteiger partial charge is 0.273 e. The van der Waals surface area contributed by atoms with Gasteiger partial charge in [-0.25, -0.2) is 4.39 Å². The zero-order valence-electron chi connectivity index (χ0n) is 13.5. The first kappa shape index (κ1) is 16.6. The molecule has 24 heavy (non-hydrogen) atoms. The standard InChI is InChI=1S/C17H20FN3O3/c1-12-10-15(20-24-12)17(22)19-11-16(21-6-8-23-9-7-21)13-2-4-14(18)5-3-13/h2-5,10,16H,6-9,11H2,1H3,(H,19,22). The van der Waals surface area contributed by atoms with Gasteiger partial charge >= 0.3 is 0 Å². The molecule has 0 aliphatic carbocycles. The van der Waals surface area contributed by atoms with Gasteiger partial charge in [-0.3, -0.25) is 9.69 Å². The van der Waals surface area contributed by atoms with E-state index in [9.17, 15) is 9.18 Å². The summed E-state index contributed by atoms with van der Waals surface area (Å²) in [5.41, 5.74) is 1.21. The molecule has 2 heterocycles. The molecule has 1 fully saturated rings. The second kappa shape index (κ2) is 7.55. The molecule has 128 valence electrons. The monoisotopic (exact) mass is 333 g/mol. The third-order valence-corrected chi connectivity index (χ3v) is 4.06. The van der Waals surface area contributed by atoms with Gasteiger partial charge in [0.25, 0.3) is 5.91 Å². The Hall–Kier alpha value is -2.25. The van der Waals surface area contributed by atoms with E-state index >= 15 is 0 Å². The number of ether oxygens (including phenoxy) is 1. The van der Waals surface area contributed by atoms with Gasteiger partial charge in [-0.2, -0.15) is 0 Å². The van der Waals surface area contributed by atoms with Gasteiger partial charge in [0, 0.05) is 25.7 Å². The Kier molecular flexibility index (Phi) is 5.22. The first-order valence-corrected chi connectivity index (χ1v) is 7.92. The molecule has 2 aromatic rings. The van der Waals surface area contributed by atoms with Gasteiger partial charge in [0.1, 0.15) is 11.6 Å². The number of nitrogens with zero attached hydrogens (tertiary/aromatic N) is 2. The summed E-state index contributed by atoms with van der Waals surface area (Å²) in [6.45, 7) is 4.96. The molecule has 1 aliphatic heterocycles. The first-order chi connectivity index (χ1) is 11.6. The van der Waals surface area contributed by atoms with Gasteiger partial charge in [-0.05, 0) is 24.6 Å². The van der Waals surface area contributed by atoms with Crippen LogP contribution in [-0.4, -0.2) is 48.8 Å². The van der Waals surface area contributed by atoms with E-state index in [1.807, 2.05) is 0 Å². The van der Waals surface area contributed by atoms with E-state index in [1.165, 1.54) is 12.1 Å². The zero-order chi connectivity index (χ0) is 16.9. The van der Waals surface area contributed by atoms with Crippen LogP contribution in [0.2, 0.25) is 0 Å². The Bertz CT molecular complexity index is 681. The van der Waals surface area contributed by atoms with Crippen LogP contribution in [0, 0.1) is 12.7 Å². The fourth-order valence-corrected chi connectivity index (χ4v) is 2.79. The minimum Gasteiger partial charge on any atom is -0.379 e. The molecule has 1 atom stereocenters. The highest BCUT2D eigenvalue weighted by Crippen LogP contribution is 2.21. The number of hydrogen-bond acceptors (Lipinski definition) is 5. The Morgan fingerprint density at radius 3 is 2.67 bits per heavy atom. The molecule has 1 aromatic heterocycles. The molecule has 0 saturated carbocycles. The molecule has 3 rings (SSSR count). The van der Waals surface area contributed by atoms with Crippen LogP contribution in [0.1, 0.15) is 27.9 Å². The maximum Gasteiger partial charge on any atom is 0.273 e. The molecule has 0 radical (unpaired) electrons. The molecule has 1 amide bonds. The fraction of sp³-hybridized carbons (Fsp3) is 0.412. The molecule has 1 aromatic carbocycles. The lowest BCUT2D eigenvalue weighted by atomic mass is 10.0. The van der Waals surface area contributed by atoms with Gasteiger partial charge in [-0.1, -0.05) is 17.3 Å². The molecule has 6 nitrogen and oxygen atoms in total. The van der Waals surface area contributed by atoms with Crippen molar-refractivity contribution in [1.82, 2.24) is 15.4 Å². The molecule has 1 unspecified atom stereocenters. The summed E-state index contributed by atoms with van der Waals surface area (Å²) in [7, 11) is 0. The normalized spacial score (nSPS) is 16.8.